The molecule has 1 unspecified atom stereocenters. The van der Waals surface area contributed by atoms with Crippen molar-refractivity contribution < 1.29 is 17.3 Å². The van der Waals surface area contributed by atoms with Gasteiger partial charge >= 0.3 is 0 Å². The number of nitrogen functional groups attached to an aromatic ring is 1. The van der Waals surface area contributed by atoms with E-state index in [1.807, 2.05) is 18.7 Å². The smallest absolute Gasteiger partial charge is 0.264 e. The van der Waals surface area contributed by atoms with Crippen LogP contribution in [0.5, 0.6) is 5.75 Å². The van der Waals surface area contributed by atoms with Crippen LogP contribution in [0.15, 0.2) is 6.20 Å². The molecule has 11 heteroatoms. The van der Waals surface area contributed by atoms with Gasteiger partial charge in [-0.1, -0.05) is 11.6 Å². The van der Waals surface area contributed by atoms with E-state index in [0.29, 0.717) is 25.3 Å². The van der Waals surface area contributed by atoms with Crippen molar-refractivity contribution in [3.63, 3.8) is 0 Å². The molecule has 1 atom stereocenters. The van der Waals surface area contributed by atoms with Crippen LogP contribution in [0.25, 0.3) is 0 Å². The van der Waals surface area contributed by atoms with E-state index in [1.165, 1.54) is 0 Å². The van der Waals surface area contributed by atoms with Crippen molar-refractivity contribution in [2.45, 2.75) is 32.7 Å². The molecule has 9 nitrogen and oxygen atoms in total. The Morgan fingerprint density at radius 2 is 2.07 bits per heavy atom. The Kier molecular flexibility index (Phi) is 6.16. The molecule has 29 heavy (non-hydrogen) atoms. The monoisotopic (exact) mass is 441 g/mol. The lowest BCUT2D eigenvalue weighted by atomic mass is 10.0. The van der Waals surface area contributed by atoms with E-state index in [-0.39, 0.29) is 23.6 Å². The van der Waals surface area contributed by atoms with Crippen molar-refractivity contribution in [2.75, 3.05) is 37.2 Å². The van der Waals surface area contributed by atoms with Crippen LogP contribution in [0.2, 0.25) is 5.15 Å². The van der Waals surface area contributed by atoms with Crippen molar-refractivity contribution in [1.82, 2.24) is 15.0 Å². The zero-order valence-electron chi connectivity index (χ0n) is 16.8. The van der Waals surface area contributed by atoms with E-state index in [0.717, 1.165) is 34.4 Å². The third-order valence-electron chi connectivity index (χ3n) is 4.90. The molecule has 2 aromatic rings. The first-order chi connectivity index (χ1) is 13.6. The summed E-state index contributed by atoms with van der Waals surface area (Å²) in [6.45, 7) is 5.00. The number of rotatable bonds is 7. The van der Waals surface area contributed by atoms with Gasteiger partial charge in [0.2, 0.25) is 5.95 Å². The van der Waals surface area contributed by atoms with E-state index < -0.39 is 10.1 Å². The maximum atomic E-state index is 11.3. The van der Waals surface area contributed by atoms with Crippen LogP contribution in [-0.4, -0.2) is 49.9 Å². The van der Waals surface area contributed by atoms with Gasteiger partial charge in [-0.3, -0.25) is 9.17 Å². The van der Waals surface area contributed by atoms with Gasteiger partial charge in [0, 0.05) is 35.3 Å². The molecule has 0 saturated carbocycles. The van der Waals surface area contributed by atoms with Gasteiger partial charge in [0.1, 0.15) is 16.7 Å². The third-order valence-corrected chi connectivity index (χ3v) is 5.78. The first-order valence-corrected chi connectivity index (χ1v) is 11.2. The number of anilines is 2. The first kappa shape index (κ1) is 21.5. The Balaban J connectivity index is 1.90. The average Bonchev–Trinajstić information content (AvgIpc) is 2.94. The number of nitrogens with two attached hydrogens (primary N) is 1. The zero-order chi connectivity index (χ0) is 21.3. The molecule has 0 amide bonds. The maximum Gasteiger partial charge on any atom is 0.264 e. The minimum atomic E-state index is -3.51. The molecule has 0 bridgehead atoms. The Labute approximate surface area is 175 Å². The average molecular weight is 442 g/mol. The number of hydrogen-bond donors (Lipinski definition) is 1. The number of aromatic nitrogens is 3. The van der Waals surface area contributed by atoms with Crippen LogP contribution in [0.1, 0.15) is 34.7 Å². The summed E-state index contributed by atoms with van der Waals surface area (Å²) in [5, 5.41) is 0.269. The van der Waals surface area contributed by atoms with Crippen LogP contribution < -0.4 is 15.4 Å². The third kappa shape index (κ3) is 4.71. The molecule has 1 aliphatic heterocycles. The van der Waals surface area contributed by atoms with Crippen LogP contribution >= 0.6 is 11.6 Å². The normalized spacial score (nSPS) is 16.2. The molecule has 1 aliphatic rings. The van der Waals surface area contributed by atoms with E-state index in [2.05, 4.69) is 15.0 Å². The van der Waals surface area contributed by atoms with E-state index in [1.54, 1.807) is 13.3 Å². The fourth-order valence-corrected chi connectivity index (χ4v) is 4.34. The summed E-state index contributed by atoms with van der Waals surface area (Å²) in [4.78, 5) is 15.0. The summed E-state index contributed by atoms with van der Waals surface area (Å²) in [6, 6.07) is 0. The second kappa shape index (κ2) is 8.29. The molecule has 3 rings (SSSR count). The molecule has 3 heterocycles. The van der Waals surface area contributed by atoms with Gasteiger partial charge in [-0.2, -0.15) is 13.4 Å². The van der Waals surface area contributed by atoms with Crippen molar-refractivity contribution in [3.05, 3.63) is 33.7 Å². The highest BCUT2D eigenvalue weighted by Gasteiger charge is 2.34. The topological polar surface area (TPSA) is 121 Å². The van der Waals surface area contributed by atoms with Crippen molar-refractivity contribution >= 4 is 33.5 Å². The van der Waals surface area contributed by atoms with Gasteiger partial charge < -0.3 is 15.4 Å². The molecule has 2 aromatic heterocycles. The molecule has 0 fully saturated rings. The van der Waals surface area contributed by atoms with Crippen LogP contribution in [0.4, 0.5) is 11.8 Å². The summed E-state index contributed by atoms with van der Waals surface area (Å²) >= 11 is 6.35. The Morgan fingerprint density at radius 1 is 1.34 bits per heavy atom. The molecule has 0 aromatic carbocycles. The quantitative estimate of drug-likeness (QED) is 0.509. The molecule has 0 radical (unpaired) electrons. The highest BCUT2D eigenvalue weighted by Crippen LogP contribution is 2.42. The molecule has 0 aliphatic carbocycles. The summed E-state index contributed by atoms with van der Waals surface area (Å²) in [6.07, 6.45) is 3.25. The Morgan fingerprint density at radius 3 is 2.72 bits per heavy atom. The summed E-state index contributed by atoms with van der Waals surface area (Å²) < 4.78 is 32.9. The molecule has 0 spiro atoms. The predicted molar refractivity (Wildman–Crippen MR) is 111 cm³/mol. The van der Waals surface area contributed by atoms with Gasteiger partial charge in [-0.15, -0.1) is 0 Å². The first-order valence-electron chi connectivity index (χ1n) is 9.02. The number of hydrogen-bond acceptors (Lipinski definition) is 9. The van der Waals surface area contributed by atoms with Gasteiger partial charge in [0.25, 0.3) is 10.1 Å². The lowest BCUT2D eigenvalue weighted by Crippen LogP contribution is -2.24. The lowest BCUT2D eigenvalue weighted by molar-refractivity contribution is 0.305. The number of methoxy groups -OCH3 is 1. The number of aryl methyl sites for hydroxylation is 1. The highest BCUT2D eigenvalue weighted by molar-refractivity contribution is 7.85. The standard InChI is InChI=1S/C18H24ClN5O4S/c1-10-7-21-13(11(2)15(10)27-3)9-24-8-12(5-6-28-29(4,25)26)14-16(19)22-18(20)23-17(14)24/h7,12H,5-6,8-9H2,1-4H3,(H2,20,22,23). The number of halogens is 1. The molecule has 158 valence electrons. The van der Waals surface area contributed by atoms with Crippen LogP contribution in [0, 0.1) is 13.8 Å². The minimum absolute atomic E-state index is 0.0487. The molecule has 0 saturated heterocycles. The summed E-state index contributed by atoms with van der Waals surface area (Å²) in [5.41, 5.74) is 9.31. The maximum absolute atomic E-state index is 11.3. The number of fused-ring (bicyclic) bond motifs is 1. The summed E-state index contributed by atoms with van der Waals surface area (Å²) in [7, 11) is -1.88. The van der Waals surface area contributed by atoms with E-state index >= 15 is 0 Å². The predicted octanol–water partition coefficient (Wildman–Crippen LogP) is 2.20. The minimum Gasteiger partial charge on any atom is -0.496 e. The van der Waals surface area contributed by atoms with Gasteiger partial charge in [-0.05, 0) is 20.3 Å². The lowest BCUT2D eigenvalue weighted by Gasteiger charge is -2.21. The second-order valence-electron chi connectivity index (χ2n) is 7.05. The molecular weight excluding hydrogens is 418 g/mol. The fraction of sp³-hybridized carbons (Fsp3) is 0.500. The van der Waals surface area contributed by atoms with Gasteiger partial charge in [0.05, 0.1) is 32.2 Å². The SMILES string of the molecule is COc1c(C)cnc(CN2CC(CCOS(C)(=O)=O)c3c(Cl)nc(N)nc32)c1C. The van der Waals surface area contributed by atoms with Crippen molar-refractivity contribution in [1.29, 1.82) is 0 Å². The Hall–Kier alpha value is -2.17. The van der Waals surface area contributed by atoms with Crippen molar-refractivity contribution in [2.24, 2.45) is 0 Å². The van der Waals surface area contributed by atoms with Gasteiger partial charge in [-0.25, -0.2) is 4.98 Å². The van der Waals surface area contributed by atoms with E-state index in [9.17, 15) is 8.42 Å². The number of nitrogens with zero attached hydrogens (tertiary/aromatic N) is 4. The fourth-order valence-electron chi connectivity index (χ4n) is 3.61. The van der Waals surface area contributed by atoms with Crippen LogP contribution in [-0.2, 0) is 20.8 Å². The molecule has 2 N–H and O–H groups in total. The second-order valence-corrected chi connectivity index (χ2v) is 9.05. The largest absolute Gasteiger partial charge is 0.496 e. The van der Waals surface area contributed by atoms with Gasteiger partial charge in [0.15, 0.2) is 0 Å². The van der Waals surface area contributed by atoms with E-state index in [4.69, 9.17) is 26.3 Å². The Bertz CT molecular complexity index is 1030. The molecular formula is C18H24ClN5O4S. The number of ether oxygens (including phenoxy) is 1. The number of pyridine rings is 1. The van der Waals surface area contributed by atoms with Crippen molar-refractivity contribution in [3.8, 4) is 5.75 Å². The summed E-state index contributed by atoms with van der Waals surface area (Å²) in [5.74, 6) is 1.42. The zero-order valence-corrected chi connectivity index (χ0v) is 18.3. The van der Waals surface area contributed by atoms with Crippen LogP contribution in [0.3, 0.4) is 0 Å². The highest BCUT2D eigenvalue weighted by atomic mass is 35.5.